The molecule has 0 aliphatic carbocycles. The normalized spacial score (nSPS) is 11.7. The molecule has 0 aliphatic rings. The van der Waals surface area contributed by atoms with Crippen LogP contribution in [0.3, 0.4) is 0 Å². The Morgan fingerprint density at radius 3 is 1.52 bits per heavy atom. The SMILES string of the molecule is CC(C)C(c1ccccc1)(c1ccccc1)c1ccccc1Br. The summed E-state index contributed by atoms with van der Waals surface area (Å²) in [6.45, 7) is 4.61. The minimum Gasteiger partial charge on any atom is -0.0622 e. The van der Waals surface area contributed by atoms with E-state index < -0.39 is 0 Å². The quantitative estimate of drug-likeness (QED) is 0.467. The van der Waals surface area contributed by atoms with Gasteiger partial charge in [0.2, 0.25) is 0 Å². The van der Waals surface area contributed by atoms with Gasteiger partial charge in [-0.25, -0.2) is 0 Å². The van der Waals surface area contributed by atoms with Gasteiger partial charge in [0.15, 0.2) is 0 Å². The minimum absolute atomic E-state index is 0.178. The summed E-state index contributed by atoms with van der Waals surface area (Å²) in [5.74, 6) is 0.408. The van der Waals surface area contributed by atoms with E-state index in [1.54, 1.807) is 0 Å². The van der Waals surface area contributed by atoms with E-state index in [4.69, 9.17) is 0 Å². The zero-order chi connectivity index (χ0) is 16.3. The number of hydrogen-bond donors (Lipinski definition) is 0. The average Bonchev–Trinajstić information content (AvgIpc) is 2.59. The van der Waals surface area contributed by atoms with Gasteiger partial charge in [-0.15, -0.1) is 0 Å². The average molecular weight is 365 g/mol. The summed E-state index contributed by atoms with van der Waals surface area (Å²) in [7, 11) is 0. The maximum atomic E-state index is 3.80. The summed E-state index contributed by atoms with van der Waals surface area (Å²) in [4.78, 5) is 0. The largest absolute Gasteiger partial charge is 0.0622 e. The van der Waals surface area contributed by atoms with Crippen LogP contribution in [0.2, 0.25) is 0 Å². The number of benzene rings is 3. The molecule has 0 aliphatic heterocycles. The number of hydrogen-bond acceptors (Lipinski definition) is 0. The van der Waals surface area contributed by atoms with Crippen molar-refractivity contribution < 1.29 is 0 Å². The standard InChI is InChI=1S/C22H21Br/c1-17(2)22(18-11-5-3-6-12-18,19-13-7-4-8-14-19)20-15-9-10-16-21(20)23/h3-17H,1-2H3. The van der Waals surface area contributed by atoms with Gasteiger partial charge in [-0.05, 0) is 28.7 Å². The molecular formula is C22H21Br. The van der Waals surface area contributed by atoms with Crippen LogP contribution in [0.1, 0.15) is 30.5 Å². The Balaban J connectivity index is 2.39. The number of rotatable bonds is 4. The second-order valence-electron chi connectivity index (χ2n) is 6.17. The first kappa shape index (κ1) is 16.0. The maximum absolute atomic E-state index is 3.80. The monoisotopic (exact) mass is 364 g/mol. The van der Waals surface area contributed by atoms with Crippen LogP contribution in [0.15, 0.2) is 89.4 Å². The molecule has 0 radical (unpaired) electrons. The van der Waals surface area contributed by atoms with E-state index in [0.29, 0.717) is 5.92 Å². The van der Waals surface area contributed by atoms with Gasteiger partial charge < -0.3 is 0 Å². The van der Waals surface area contributed by atoms with Crippen LogP contribution in [-0.4, -0.2) is 0 Å². The summed E-state index contributed by atoms with van der Waals surface area (Å²) in [6, 6.07) is 30.2. The number of halogens is 1. The summed E-state index contributed by atoms with van der Waals surface area (Å²) in [5.41, 5.74) is 3.79. The lowest BCUT2D eigenvalue weighted by Gasteiger charge is -2.40. The Kier molecular flexibility index (Phi) is 4.68. The van der Waals surface area contributed by atoms with Gasteiger partial charge in [0.1, 0.15) is 0 Å². The fourth-order valence-electron chi connectivity index (χ4n) is 3.64. The van der Waals surface area contributed by atoms with Crippen molar-refractivity contribution in [3.63, 3.8) is 0 Å². The van der Waals surface area contributed by atoms with Crippen LogP contribution in [0.25, 0.3) is 0 Å². The molecule has 3 aromatic carbocycles. The Morgan fingerprint density at radius 1 is 0.652 bits per heavy atom. The maximum Gasteiger partial charge on any atom is 0.0485 e. The first-order valence-electron chi connectivity index (χ1n) is 8.03. The molecule has 0 aromatic heterocycles. The smallest absolute Gasteiger partial charge is 0.0485 e. The fourth-order valence-corrected chi connectivity index (χ4v) is 4.24. The zero-order valence-electron chi connectivity index (χ0n) is 13.5. The van der Waals surface area contributed by atoms with Crippen LogP contribution in [-0.2, 0) is 5.41 Å². The summed E-state index contributed by atoms with van der Waals surface area (Å²) >= 11 is 3.80. The molecule has 0 amide bonds. The molecule has 3 rings (SSSR count). The van der Waals surface area contributed by atoms with E-state index >= 15 is 0 Å². The lowest BCUT2D eigenvalue weighted by molar-refractivity contribution is 0.436. The van der Waals surface area contributed by atoms with E-state index in [0.717, 1.165) is 4.47 Å². The van der Waals surface area contributed by atoms with Crippen molar-refractivity contribution in [1.82, 2.24) is 0 Å². The van der Waals surface area contributed by atoms with Gasteiger partial charge in [0.05, 0.1) is 0 Å². The van der Waals surface area contributed by atoms with Crippen molar-refractivity contribution in [1.29, 1.82) is 0 Å². The molecule has 0 saturated carbocycles. The molecular weight excluding hydrogens is 344 g/mol. The molecule has 0 bridgehead atoms. The van der Waals surface area contributed by atoms with Crippen molar-refractivity contribution in [2.24, 2.45) is 5.92 Å². The fraction of sp³-hybridized carbons (Fsp3) is 0.182. The topological polar surface area (TPSA) is 0 Å². The van der Waals surface area contributed by atoms with Crippen LogP contribution < -0.4 is 0 Å². The van der Waals surface area contributed by atoms with E-state index in [-0.39, 0.29) is 5.41 Å². The van der Waals surface area contributed by atoms with E-state index in [9.17, 15) is 0 Å². The highest BCUT2D eigenvalue weighted by atomic mass is 79.9. The molecule has 0 unspecified atom stereocenters. The van der Waals surface area contributed by atoms with Gasteiger partial charge in [-0.1, -0.05) is 109 Å². The van der Waals surface area contributed by atoms with Crippen molar-refractivity contribution in [2.75, 3.05) is 0 Å². The Bertz CT molecular complexity index is 721. The molecule has 0 fully saturated rings. The van der Waals surface area contributed by atoms with Crippen molar-refractivity contribution in [3.05, 3.63) is 106 Å². The second kappa shape index (κ2) is 6.72. The molecule has 1 heteroatoms. The molecule has 0 N–H and O–H groups in total. The Hall–Kier alpha value is -1.86. The summed E-state index contributed by atoms with van der Waals surface area (Å²) < 4.78 is 1.15. The molecule has 0 saturated heterocycles. The third kappa shape index (κ3) is 2.74. The van der Waals surface area contributed by atoms with Gasteiger partial charge >= 0.3 is 0 Å². The third-order valence-corrected chi connectivity index (χ3v) is 5.31. The predicted molar refractivity (Wildman–Crippen MR) is 102 cm³/mol. The molecule has 3 aromatic rings. The first-order valence-corrected chi connectivity index (χ1v) is 8.82. The van der Waals surface area contributed by atoms with Gasteiger partial charge in [0.25, 0.3) is 0 Å². The highest BCUT2D eigenvalue weighted by molar-refractivity contribution is 9.10. The van der Waals surface area contributed by atoms with Gasteiger partial charge in [-0.3, -0.25) is 0 Å². The molecule has 23 heavy (non-hydrogen) atoms. The highest BCUT2D eigenvalue weighted by Gasteiger charge is 2.40. The lowest BCUT2D eigenvalue weighted by Crippen LogP contribution is -2.35. The zero-order valence-corrected chi connectivity index (χ0v) is 15.1. The van der Waals surface area contributed by atoms with E-state index in [1.807, 2.05) is 0 Å². The summed E-state index contributed by atoms with van der Waals surface area (Å²) in [6.07, 6.45) is 0. The van der Waals surface area contributed by atoms with Gasteiger partial charge in [-0.2, -0.15) is 0 Å². The lowest BCUT2D eigenvalue weighted by atomic mass is 9.63. The molecule has 116 valence electrons. The second-order valence-corrected chi connectivity index (χ2v) is 7.03. The minimum atomic E-state index is -0.178. The predicted octanol–water partition coefficient (Wildman–Crippen LogP) is 6.44. The van der Waals surface area contributed by atoms with Crippen molar-refractivity contribution >= 4 is 15.9 Å². The molecule has 0 heterocycles. The summed E-state index contributed by atoms with van der Waals surface area (Å²) in [5, 5.41) is 0. The van der Waals surface area contributed by atoms with Crippen LogP contribution >= 0.6 is 15.9 Å². The molecule has 0 spiro atoms. The van der Waals surface area contributed by atoms with Gasteiger partial charge in [0, 0.05) is 9.89 Å². The molecule has 0 nitrogen and oxygen atoms in total. The van der Waals surface area contributed by atoms with Crippen LogP contribution in [0, 0.1) is 5.92 Å². The van der Waals surface area contributed by atoms with E-state index in [2.05, 4.69) is 115 Å². The van der Waals surface area contributed by atoms with E-state index in [1.165, 1.54) is 16.7 Å². The third-order valence-electron chi connectivity index (χ3n) is 4.62. The van der Waals surface area contributed by atoms with Crippen LogP contribution in [0.5, 0.6) is 0 Å². The van der Waals surface area contributed by atoms with Crippen LogP contribution in [0.4, 0.5) is 0 Å². The van der Waals surface area contributed by atoms with Crippen molar-refractivity contribution in [2.45, 2.75) is 19.3 Å². The molecule has 0 atom stereocenters. The highest BCUT2D eigenvalue weighted by Crippen LogP contribution is 2.47. The Morgan fingerprint density at radius 2 is 1.09 bits per heavy atom. The Labute approximate surface area is 147 Å². The first-order chi connectivity index (χ1) is 11.2. The van der Waals surface area contributed by atoms with Crippen molar-refractivity contribution in [3.8, 4) is 0 Å².